The molecule has 0 aliphatic carbocycles. The summed E-state index contributed by atoms with van der Waals surface area (Å²) in [5.74, 6) is -1.77. The van der Waals surface area contributed by atoms with Crippen LogP contribution in [0, 0.1) is 0 Å². The van der Waals surface area contributed by atoms with Gasteiger partial charge in [-0.25, -0.2) is 9.59 Å². The van der Waals surface area contributed by atoms with Crippen molar-refractivity contribution in [3.05, 3.63) is 47.7 Å². The molecule has 0 heterocycles. The van der Waals surface area contributed by atoms with Gasteiger partial charge in [-0.2, -0.15) is 0 Å². The van der Waals surface area contributed by atoms with E-state index in [0.717, 1.165) is 12.8 Å². The molecule has 0 spiro atoms. The maximum atomic E-state index is 12.0. The van der Waals surface area contributed by atoms with Gasteiger partial charge in [0, 0.05) is 0 Å². The molecule has 0 bridgehead atoms. The molecule has 1 aromatic rings. The fourth-order valence-corrected chi connectivity index (χ4v) is 3.19. The van der Waals surface area contributed by atoms with Gasteiger partial charge in [-0.1, -0.05) is 89.7 Å². The Morgan fingerprint density at radius 3 is 1.86 bits per heavy atom. The Morgan fingerprint density at radius 1 is 0.821 bits per heavy atom. The predicted octanol–water partition coefficient (Wildman–Crippen LogP) is 7.15. The van der Waals surface area contributed by atoms with Crippen molar-refractivity contribution in [1.82, 2.24) is 0 Å². The van der Waals surface area contributed by atoms with Crippen LogP contribution in [0.15, 0.2) is 36.6 Å². The quantitative estimate of drug-likeness (QED) is 0.185. The van der Waals surface area contributed by atoms with Crippen LogP contribution in [-0.2, 0) is 4.74 Å². The Kier molecular flexibility index (Phi) is 13.6. The van der Waals surface area contributed by atoms with Crippen molar-refractivity contribution < 1.29 is 19.4 Å². The van der Waals surface area contributed by atoms with Crippen LogP contribution in [0.25, 0.3) is 0 Å². The van der Waals surface area contributed by atoms with E-state index in [9.17, 15) is 9.59 Å². The zero-order valence-corrected chi connectivity index (χ0v) is 17.3. The number of carboxylic acids is 1. The highest BCUT2D eigenvalue weighted by Gasteiger charge is 2.16. The Balaban J connectivity index is 2.02. The maximum absolute atomic E-state index is 12.0. The molecule has 0 unspecified atom stereocenters. The molecule has 0 atom stereocenters. The van der Waals surface area contributed by atoms with Gasteiger partial charge in [-0.05, 0) is 31.1 Å². The topological polar surface area (TPSA) is 63.6 Å². The summed E-state index contributed by atoms with van der Waals surface area (Å²) in [6, 6.07) is 6.07. The number of allylic oxidation sites excluding steroid dienone is 1. The average Bonchev–Trinajstić information content (AvgIpc) is 2.70. The van der Waals surface area contributed by atoms with E-state index in [0.29, 0.717) is 0 Å². The van der Waals surface area contributed by atoms with Crippen molar-refractivity contribution in [3.8, 4) is 0 Å². The van der Waals surface area contributed by atoms with E-state index in [1.165, 1.54) is 89.0 Å². The van der Waals surface area contributed by atoms with Crippen LogP contribution in [0.2, 0.25) is 0 Å². The standard InChI is InChI=1S/C24H36O4/c1-2-3-4-5-6-7-8-9-10-11-12-13-14-17-20-28-24(27)22-19-16-15-18-21(22)23(25)26/h15-20H,2-14H2,1H3,(H,25,26)/b20-17+. The van der Waals surface area contributed by atoms with Crippen molar-refractivity contribution in [2.24, 2.45) is 0 Å². The zero-order chi connectivity index (χ0) is 20.5. The maximum Gasteiger partial charge on any atom is 0.343 e. The SMILES string of the molecule is CCCCCCCCCCCCCC/C=C/OC(=O)c1ccccc1C(=O)O. The predicted molar refractivity (Wildman–Crippen MR) is 114 cm³/mol. The molecule has 4 nitrogen and oxygen atoms in total. The highest BCUT2D eigenvalue weighted by Crippen LogP contribution is 2.13. The second-order valence-electron chi connectivity index (χ2n) is 7.31. The number of benzene rings is 1. The fourth-order valence-electron chi connectivity index (χ4n) is 3.19. The molecule has 0 amide bonds. The molecule has 0 aromatic heterocycles. The molecule has 28 heavy (non-hydrogen) atoms. The first kappa shape index (κ1) is 23.9. The lowest BCUT2D eigenvalue weighted by Crippen LogP contribution is -2.09. The lowest BCUT2D eigenvalue weighted by atomic mass is 10.0. The smallest absolute Gasteiger partial charge is 0.343 e. The normalized spacial score (nSPS) is 11.0. The number of ether oxygens (including phenoxy) is 1. The molecule has 1 aromatic carbocycles. The number of unbranched alkanes of at least 4 members (excludes halogenated alkanes) is 12. The summed E-state index contributed by atoms with van der Waals surface area (Å²) in [7, 11) is 0. The van der Waals surface area contributed by atoms with Crippen molar-refractivity contribution in [3.63, 3.8) is 0 Å². The lowest BCUT2D eigenvalue weighted by molar-refractivity contribution is 0.0631. The number of carbonyl (C=O) groups excluding carboxylic acids is 1. The van der Waals surface area contributed by atoms with Crippen molar-refractivity contribution >= 4 is 11.9 Å². The third kappa shape index (κ3) is 10.9. The van der Waals surface area contributed by atoms with Crippen LogP contribution in [0.1, 0.15) is 111 Å². The Bertz CT molecular complexity index is 592. The highest BCUT2D eigenvalue weighted by molar-refractivity contribution is 6.02. The average molecular weight is 389 g/mol. The molecule has 0 saturated heterocycles. The minimum Gasteiger partial charge on any atom is -0.478 e. The molecule has 0 radical (unpaired) electrons. The van der Waals surface area contributed by atoms with E-state index in [1.54, 1.807) is 12.1 Å². The zero-order valence-electron chi connectivity index (χ0n) is 17.3. The molecule has 0 saturated carbocycles. The molecule has 0 aliphatic rings. The number of esters is 1. The van der Waals surface area contributed by atoms with E-state index in [1.807, 2.05) is 6.08 Å². The summed E-state index contributed by atoms with van der Waals surface area (Å²) in [6.07, 6.45) is 19.9. The first-order valence-electron chi connectivity index (χ1n) is 10.8. The van der Waals surface area contributed by atoms with Gasteiger partial charge in [0.1, 0.15) is 0 Å². The minimum absolute atomic E-state index is 0.0399. The molecular formula is C24H36O4. The Morgan fingerprint density at radius 2 is 1.32 bits per heavy atom. The van der Waals surface area contributed by atoms with E-state index in [2.05, 4.69) is 6.92 Å². The molecule has 156 valence electrons. The third-order valence-electron chi connectivity index (χ3n) is 4.87. The van der Waals surface area contributed by atoms with Gasteiger partial charge in [0.2, 0.25) is 0 Å². The van der Waals surface area contributed by atoms with Gasteiger partial charge in [-0.3, -0.25) is 0 Å². The van der Waals surface area contributed by atoms with Gasteiger partial charge >= 0.3 is 11.9 Å². The second-order valence-corrected chi connectivity index (χ2v) is 7.31. The number of rotatable bonds is 16. The second kappa shape index (κ2) is 15.9. The Hall–Kier alpha value is -2.10. The summed E-state index contributed by atoms with van der Waals surface area (Å²) < 4.78 is 5.04. The molecular weight excluding hydrogens is 352 g/mol. The molecule has 1 rings (SSSR count). The lowest BCUT2D eigenvalue weighted by Gasteiger charge is -2.03. The van der Waals surface area contributed by atoms with Crippen LogP contribution >= 0.6 is 0 Å². The van der Waals surface area contributed by atoms with E-state index in [-0.39, 0.29) is 11.1 Å². The summed E-state index contributed by atoms with van der Waals surface area (Å²) in [5.41, 5.74) is 0.0341. The number of carboxylic acid groups (broad SMARTS) is 1. The van der Waals surface area contributed by atoms with Crippen molar-refractivity contribution in [2.75, 3.05) is 0 Å². The van der Waals surface area contributed by atoms with Crippen molar-refractivity contribution in [2.45, 2.75) is 90.4 Å². The number of aromatic carboxylic acids is 1. The van der Waals surface area contributed by atoms with E-state index < -0.39 is 11.9 Å². The van der Waals surface area contributed by atoms with E-state index in [4.69, 9.17) is 9.84 Å². The minimum atomic E-state index is -1.13. The Labute approximate surface area is 170 Å². The van der Waals surface area contributed by atoms with Crippen molar-refractivity contribution in [1.29, 1.82) is 0 Å². The van der Waals surface area contributed by atoms with Crippen LogP contribution in [0.3, 0.4) is 0 Å². The van der Waals surface area contributed by atoms with Gasteiger partial charge < -0.3 is 9.84 Å². The molecule has 0 aliphatic heterocycles. The van der Waals surface area contributed by atoms with Gasteiger partial charge in [0.25, 0.3) is 0 Å². The largest absolute Gasteiger partial charge is 0.478 e. The molecule has 4 heteroatoms. The van der Waals surface area contributed by atoms with Gasteiger partial charge in [0.05, 0.1) is 17.4 Å². The summed E-state index contributed by atoms with van der Waals surface area (Å²) in [5, 5.41) is 9.09. The highest BCUT2D eigenvalue weighted by atomic mass is 16.5. The summed E-state index contributed by atoms with van der Waals surface area (Å²) >= 11 is 0. The third-order valence-corrected chi connectivity index (χ3v) is 4.87. The van der Waals surface area contributed by atoms with Crippen LogP contribution < -0.4 is 0 Å². The first-order valence-corrected chi connectivity index (χ1v) is 10.8. The van der Waals surface area contributed by atoms with Crippen LogP contribution in [0.5, 0.6) is 0 Å². The fraction of sp³-hybridized carbons (Fsp3) is 0.583. The van der Waals surface area contributed by atoms with E-state index >= 15 is 0 Å². The van der Waals surface area contributed by atoms with Crippen LogP contribution in [-0.4, -0.2) is 17.0 Å². The first-order chi connectivity index (χ1) is 13.7. The summed E-state index contributed by atoms with van der Waals surface area (Å²) in [4.78, 5) is 23.1. The summed E-state index contributed by atoms with van der Waals surface area (Å²) in [6.45, 7) is 2.25. The number of hydrogen-bond donors (Lipinski definition) is 1. The molecule has 0 fully saturated rings. The molecule has 1 N–H and O–H groups in total. The monoisotopic (exact) mass is 388 g/mol. The van der Waals surface area contributed by atoms with Gasteiger partial charge in [-0.15, -0.1) is 0 Å². The number of hydrogen-bond acceptors (Lipinski definition) is 3. The number of carbonyl (C=O) groups is 2. The van der Waals surface area contributed by atoms with Gasteiger partial charge in [0.15, 0.2) is 0 Å². The van der Waals surface area contributed by atoms with Crippen LogP contribution in [0.4, 0.5) is 0 Å².